The van der Waals surface area contributed by atoms with Gasteiger partial charge in [0.1, 0.15) is 17.3 Å². The maximum atomic E-state index is 14.5. The van der Waals surface area contributed by atoms with E-state index < -0.39 is 5.82 Å². The number of rotatable bonds is 7. The van der Waals surface area contributed by atoms with Gasteiger partial charge in [-0.1, -0.05) is 91.0 Å². The van der Waals surface area contributed by atoms with Gasteiger partial charge in [0.15, 0.2) is 0 Å². The van der Waals surface area contributed by atoms with E-state index in [1.165, 1.54) is 17.4 Å². The number of hydrogen-bond donors (Lipinski definition) is 1. The highest BCUT2D eigenvalue weighted by atomic mass is 32.1. The lowest BCUT2D eigenvalue weighted by atomic mass is 9.99. The Morgan fingerprint density at radius 1 is 0.875 bits per heavy atom. The van der Waals surface area contributed by atoms with E-state index in [2.05, 4.69) is 34.5 Å². The molecule has 8 heteroatoms. The number of thiophene rings is 1. The summed E-state index contributed by atoms with van der Waals surface area (Å²) >= 11 is 1.35. The van der Waals surface area contributed by atoms with E-state index in [1.807, 2.05) is 79.8 Å². The number of carbonyl (C=O) groups excluding carboxylic acids is 2. The number of carbonyl (C=O) groups is 2. The summed E-state index contributed by atoms with van der Waals surface area (Å²) in [6.45, 7) is 2.80. The van der Waals surface area contributed by atoms with Crippen LogP contribution in [0.2, 0.25) is 0 Å². The maximum Gasteiger partial charge on any atom is 0.276 e. The third-order valence-electron chi connectivity index (χ3n) is 8.64. The maximum absolute atomic E-state index is 14.5. The van der Waals surface area contributed by atoms with Crippen molar-refractivity contribution in [1.82, 2.24) is 4.98 Å². The number of fused-ring (bicyclic) bond motifs is 3. The molecule has 0 saturated carbocycles. The second kappa shape index (κ2) is 13.3. The van der Waals surface area contributed by atoms with E-state index >= 15 is 0 Å². The number of halogens is 1. The van der Waals surface area contributed by atoms with Crippen molar-refractivity contribution >= 4 is 40.3 Å². The monoisotopic (exact) mass is 652 g/mol. The summed E-state index contributed by atoms with van der Waals surface area (Å²) in [5, 5.41) is 2.75. The summed E-state index contributed by atoms with van der Waals surface area (Å²) in [6, 6.07) is 38.5. The summed E-state index contributed by atoms with van der Waals surface area (Å²) in [7, 11) is 1.98. The number of pyridine rings is 1. The highest BCUT2D eigenvalue weighted by molar-refractivity contribution is 7.17. The molecule has 0 aliphatic carbocycles. The molecule has 0 bridgehead atoms. The Balaban J connectivity index is 1.13. The SMILES string of the molecule is Cc1cccc(F)c1NC(=O)c1cc2c(s1)-c1ccccc1N(C(=O)c1cccc(N(C)Cc3ccccc3-c3ccccc3)n1)CC2. The van der Waals surface area contributed by atoms with E-state index in [0.717, 1.165) is 38.4 Å². The van der Waals surface area contributed by atoms with E-state index in [1.54, 1.807) is 30.0 Å². The van der Waals surface area contributed by atoms with Gasteiger partial charge in [-0.15, -0.1) is 11.3 Å². The van der Waals surface area contributed by atoms with E-state index in [9.17, 15) is 14.0 Å². The zero-order valence-corrected chi connectivity index (χ0v) is 27.4. The molecular weight excluding hydrogens is 620 g/mol. The van der Waals surface area contributed by atoms with Crippen LogP contribution in [0.4, 0.5) is 21.6 Å². The van der Waals surface area contributed by atoms with Crippen LogP contribution in [0.3, 0.4) is 0 Å². The second-order valence-electron chi connectivity index (χ2n) is 11.8. The first kappa shape index (κ1) is 31.0. The molecule has 0 spiro atoms. The van der Waals surface area contributed by atoms with Crippen molar-refractivity contribution < 1.29 is 14.0 Å². The third-order valence-corrected chi connectivity index (χ3v) is 9.85. The van der Waals surface area contributed by atoms with Crippen LogP contribution in [-0.2, 0) is 13.0 Å². The fraction of sp³-hybridized carbons (Fsp3) is 0.125. The third kappa shape index (κ3) is 6.10. The van der Waals surface area contributed by atoms with Crippen LogP contribution in [0.25, 0.3) is 21.6 Å². The number of amides is 2. The minimum atomic E-state index is -0.471. The van der Waals surface area contributed by atoms with Crippen LogP contribution in [-0.4, -0.2) is 30.4 Å². The number of anilines is 3. The van der Waals surface area contributed by atoms with Crippen molar-refractivity contribution in [2.24, 2.45) is 0 Å². The lowest BCUT2D eigenvalue weighted by molar-refractivity contribution is 0.0981. The topological polar surface area (TPSA) is 65.5 Å². The Hall–Kier alpha value is -5.60. The molecule has 3 heterocycles. The average Bonchev–Trinajstić information content (AvgIpc) is 3.48. The van der Waals surface area contributed by atoms with Crippen LogP contribution in [0.1, 0.15) is 36.9 Å². The average molecular weight is 653 g/mol. The Morgan fingerprint density at radius 3 is 2.42 bits per heavy atom. The molecule has 0 unspecified atom stereocenters. The number of nitrogens with one attached hydrogen (secondary N) is 1. The predicted molar refractivity (Wildman–Crippen MR) is 192 cm³/mol. The zero-order chi connectivity index (χ0) is 33.2. The predicted octanol–water partition coefficient (Wildman–Crippen LogP) is 9.02. The fourth-order valence-corrected chi connectivity index (χ4v) is 7.31. The molecule has 0 fully saturated rings. The molecule has 2 aromatic heterocycles. The van der Waals surface area contributed by atoms with Gasteiger partial charge < -0.3 is 15.1 Å². The highest BCUT2D eigenvalue weighted by Crippen LogP contribution is 2.42. The van der Waals surface area contributed by atoms with Crippen LogP contribution < -0.4 is 15.1 Å². The number of aromatic nitrogens is 1. The summed E-state index contributed by atoms with van der Waals surface area (Å²) in [6.07, 6.45) is 0.550. The quantitative estimate of drug-likeness (QED) is 0.187. The molecule has 0 radical (unpaired) electrons. The molecule has 4 aromatic carbocycles. The largest absolute Gasteiger partial charge is 0.355 e. The molecule has 1 aliphatic heterocycles. The van der Waals surface area contributed by atoms with Crippen molar-refractivity contribution in [3.8, 4) is 21.6 Å². The van der Waals surface area contributed by atoms with Gasteiger partial charge in [-0.2, -0.15) is 0 Å². The van der Waals surface area contributed by atoms with Crippen LogP contribution in [0.5, 0.6) is 0 Å². The van der Waals surface area contributed by atoms with Gasteiger partial charge in [0, 0.05) is 30.6 Å². The van der Waals surface area contributed by atoms with Crippen molar-refractivity contribution in [2.75, 3.05) is 28.7 Å². The summed E-state index contributed by atoms with van der Waals surface area (Å²) in [5.74, 6) is -0.317. The Bertz CT molecular complexity index is 2120. The minimum absolute atomic E-state index is 0.184. The first-order chi connectivity index (χ1) is 23.4. The zero-order valence-electron chi connectivity index (χ0n) is 26.6. The Kier molecular flexibility index (Phi) is 8.57. The molecular formula is C40H33FN4O2S. The number of nitrogens with zero attached hydrogens (tertiary/aromatic N) is 3. The molecule has 48 heavy (non-hydrogen) atoms. The number of benzene rings is 4. The Labute approximate surface area is 283 Å². The normalized spacial score (nSPS) is 12.1. The first-order valence-electron chi connectivity index (χ1n) is 15.8. The van der Waals surface area contributed by atoms with E-state index in [-0.39, 0.29) is 17.5 Å². The molecule has 6 aromatic rings. The molecule has 1 N–H and O–H groups in total. The van der Waals surface area contributed by atoms with Crippen LogP contribution in [0.15, 0.2) is 121 Å². The van der Waals surface area contributed by atoms with E-state index in [0.29, 0.717) is 41.5 Å². The fourth-order valence-electron chi connectivity index (χ4n) is 6.17. The van der Waals surface area contributed by atoms with Gasteiger partial charge >= 0.3 is 0 Å². The molecule has 7 rings (SSSR count). The number of hydrogen-bond acceptors (Lipinski definition) is 5. The molecule has 0 atom stereocenters. The molecule has 238 valence electrons. The van der Waals surface area contributed by atoms with Crippen molar-refractivity contribution in [3.63, 3.8) is 0 Å². The highest BCUT2D eigenvalue weighted by Gasteiger charge is 2.28. The molecule has 6 nitrogen and oxygen atoms in total. The Morgan fingerprint density at radius 2 is 1.60 bits per heavy atom. The standard InChI is InChI=1S/C40H33FN4O2S/c1-26-12-10-18-32(41)37(26)43-39(46)35-24-28-22-23-45(34-20-9-8-17-31(34)38(28)48-35)40(47)33-19-11-21-36(42-33)44(2)25-29-15-6-7-16-30(29)27-13-4-3-5-14-27/h3-21,24H,22-23,25H2,1-2H3,(H,43,46). The smallest absolute Gasteiger partial charge is 0.276 e. The lowest BCUT2D eigenvalue weighted by Gasteiger charge is -2.24. The lowest BCUT2D eigenvalue weighted by Crippen LogP contribution is -2.33. The van der Waals surface area contributed by atoms with Crippen molar-refractivity contribution in [1.29, 1.82) is 0 Å². The second-order valence-corrected chi connectivity index (χ2v) is 12.9. The molecule has 0 saturated heterocycles. The van der Waals surface area contributed by atoms with Gasteiger partial charge in [0.05, 0.1) is 16.3 Å². The summed E-state index contributed by atoms with van der Waals surface area (Å²) in [5.41, 5.74) is 7.27. The van der Waals surface area contributed by atoms with Gasteiger partial charge in [0.2, 0.25) is 0 Å². The van der Waals surface area contributed by atoms with Crippen LogP contribution in [0, 0.1) is 12.7 Å². The minimum Gasteiger partial charge on any atom is -0.355 e. The summed E-state index contributed by atoms with van der Waals surface area (Å²) in [4.78, 5) is 37.5. The van der Waals surface area contributed by atoms with Gasteiger partial charge in [-0.25, -0.2) is 9.37 Å². The van der Waals surface area contributed by atoms with Crippen LogP contribution >= 0.6 is 11.3 Å². The van der Waals surface area contributed by atoms with E-state index in [4.69, 9.17) is 4.98 Å². The number of para-hydroxylation sites is 2. The van der Waals surface area contributed by atoms with Gasteiger partial charge in [-0.05, 0) is 71.5 Å². The number of aryl methyl sites for hydroxylation is 1. The van der Waals surface area contributed by atoms with Crippen molar-refractivity contribution in [3.05, 3.63) is 154 Å². The van der Waals surface area contributed by atoms with Gasteiger partial charge in [-0.3, -0.25) is 9.59 Å². The van der Waals surface area contributed by atoms with Gasteiger partial charge in [0.25, 0.3) is 11.8 Å². The molecule has 1 aliphatic rings. The first-order valence-corrected chi connectivity index (χ1v) is 16.6. The van der Waals surface area contributed by atoms with Crippen molar-refractivity contribution in [2.45, 2.75) is 19.9 Å². The molecule has 2 amide bonds. The summed E-state index contributed by atoms with van der Waals surface area (Å²) < 4.78 is 14.5.